The molecule has 0 amide bonds. The van der Waals surface area contributed by atoms with Crippen LogP contribution in [0.3, 0.4) is 0 Å². The summed E-state index contributed by atoms with van der Waals surface area (Å²) in [6, 6.07) is 0. The van der Waals surface area contributed by atoms with E-state index in [4.69, 9.17) is 6.42 Å². The van der Waals surface area contributed by atoms with Gasteiger partial charge in [-0.3, -0.25) is 0 Å². The molecule has 0 spiro atoms. The third-order valence-corrected chi connectivity index (χ3v) is 1.02. The monoisotopic (exact) mass is 118 g/mol. The predicted molar refractivity (Wildman–Crippen MR) is 36.7 cm³/mol. The lowest BCUT2D eigenvalue weighted by Crippen LogP contribution is -2.10. The molecule has 2 nitrogen and oxygen atoms in total. The minimum Gasteiger partial charge on any atom is -0.335 e. The zero-order chi connectivity index (χ0) is 6.69. The Balaban J connectivity index is 2.98. The van der Waals surface area contributed by atoms with E-state index in [2.05, 4.69) is 16.8 Å². The third kappa shape index (κ3) is 1.02. The largest absolute Gasteiger partial charge is 0.335 e. The smallest absolute Gasteiger partial charge is 0.154 e. The number of allylic oxidation sites excluding steroid dienone is 1. The molecule has 0 N–H and O–H groups in total. The van der Waals surface area contributed by atoms with Crippen LogP contribution in [0.4, 0.5) is 0 Å². The normalized spacial score (nSPS) is 15.1. The number of nitrogens with zero attached hydrogens (tertiary/aromatic N) is 2. The van der Waals surface area contributed by atoms with Gasteiger partial charge in [0.2, 0.25) is 0 Å². The maximum atomic E-state index is 5.11. The average molecular weight is 118 g/mol. The second-order valence-electron chi connectivity index (χ2n) is 1.64. The van der Waals surface area contributed by atoms with Gasteiger partial charge in [0.25, 0.3) is 0 Å². The molecule has 0 atom stereocenters. The summed E-state index contributed by atoms with van der Waals surface area (Å²) in [6.07, 6.45) is 8.53. The molecular weight excluding hydrogens is 112 g/mol. The van der Waals surface area contributed by atoms with E-state index in [1.807, 2.05) is 7.05 Å². The molecule has 0 fully saturated rings. The van der Waals surface area contributed by atoms with Gasteiger partial charge in [0.15, 0.2) is 5.70 Å². The zero-order valence-electron chi connectivity index (χ0n) is 5.13. The minimum absolute atomic E-state index is 0.664. The molecular formula is C7H6N2. The van der Waals surface area contributed by atoms with E-state index >= 15 is 0 Å². The van der Waals surface area contributed by atoms with Crippen LogP contribution in [-0.2, 0) is 0 Å². The van der Waals surface area contributed by atoms with Gasteiger partial charge in [-0.05, 0) is 5.92 Å². The highest BCUT2D eigenvalue weighted by Gasteiger charge is 1.96. The maximum Gasteiger partial charge on any atom is 0.154 e. The summed E-state index contributed by atoms with van der Waals surface area (Å²) in [7, 11) is 1.85. The standard InChI is InChI=1S/C7H6N2/c1-3-7-6-8-4-5-9(7)2/h1,4-5H,2H3. The zero-order valence-corrected chi connectivity index (χ0v) is 5.13. The molecule has 9 heavy (non-hydrogen) atoms. The van der Waals surface area contributed by atoms with Gasteiger partial charge in [-0.25, -0.2) is 4.99 Å². The summed E-state index contributed by atoms with van der Waals surface area (Å²) in [5, 5.41) is 0. The maximum absolute atomic E-state index is 5.11. The first-order chi connectivity index (χ1) is 4.34. The van der Waals surface area contributed by atoms with E-state index in [1.165, 1.54) is 0 Å². The molecule has 2 heteroatoms. The van der Waals surface area contributed by atoms with Crippen molar-refractivity contribution in [3.05, 3.63) is 18.1 Å². The predicted octanol–water partition coefficient (Wildman–Crippen LogP) is 0.590. The lowest BCUT2D eigenvalue weighted by atomic mass is 10.4. The van der Waals surface area contributed by atoms with E-state index in [0.29, 0.717) is 5.70 Å². The lowest BCUT2D eigenvalue weighted by molar-refractivity contribution is 0.597. The quantitative estimate of drug-likeness (QED) is 0.425. The molecule has 0 aliphatic carbocycles. The van der Waals surface area contributed by atoms with E-state index < -0.39 is 0 Å². The van der Waals surface area contributed by atoms with Crippen molar-refractivity contribution in [1.82, 2.24) is 4.90 Å². The molecule has 0 saturated carbocycles. The fourth-order valence-corrected chi connectivity index (χ4v) is 0.519. The first-order valence-corrected chi connectivity index (χ1v) is 2.53. The number of aliphatic imine (C=N–C) groups is 1. The first kappa shape index (κ1) is 5.68. The van der Waals surface area contributed by atoms with Crippen LogP contribution in [0.25, 0.3) is 0 Å². The van der Waals surface area contributed by atoms with Crippen molar-refractivity contribution in [3.8, 4) is 12.3 Å². The molecule has 1 aliphatic rings. The Kier molecular flexibility index (Phi) is 1.40. The molecule has 1 aliphatic heterocycles. The van der Waals surface area contributed by atoms with Crippen molar-refractivity contribution >= 4 is 5.87 Å². The molecule has 1 rings (SSSR count). The van der Waals surface area contributed by atoms with Crippen LogP contribution in [0, 0.1) is 12.3 Å². The fraction of sp³-hybridized carbons (Fsp3) is 0.143. The van der Waals surface area contributed by atoms with Crippen LogP contribution in [0.5, 0.6) is 0 Å². The van der Waals surface area contributed by atoms with E-state index in [0.717, 1.165) is 0 Å². The van der Waals surface area contributed by atoms with Crippen molar-refractivity contribution < 1.29 is 0 Å². The third-order valence-electron chi connectivity index (χ3n) is 1.02. The van der Waals surface area contributed by atoms with E-state index in [9.17, 15) is 0 Å². The summed E-state index contributed by atoms with van der Waals surface area (Å²) in [6.45, 7) is 0. The number of terminal acetylenes is 1. The summed E-state index contributed by atoms with van der Waals surface area (Å²) >= 11 is 0. The Hall–Kier alpha value is -1.45. The first-order valence-electron chi connectivity index (χ1n) is 2.53. The van der Waals surface area contributed by atoms with Crippen LogP contribution in [0.15, 0.2) is 23.1 Å². The van der Waals surface area contributed by atoms with Crippen LogP contribution < -0.4 is 0 Å². The average Bonchev–Trinajstić information content (AvgIpc) is 1.89. The highest BCUT2D eigenvalue weighted by Crippen LogP contribution is 1.98. The van der Waals surface area contributed by atoms with Gasteiger partial charge in [0, 0.05) is 19.1 Å². The number of hydrogen-bond acceptors (Lipinski definition) is 2. The van der Waals surface area contributed by atoms with Crippen LogP contribution in [-0.4, -0.2) is 17.8 Å². The van der Waals surface area contributed by atoms with Crippen LogP contribution >= 0.6 is 0 Å². The highest BCUT2D eigenvalue weighted by atomic mass is 15.1. The Morgan fingerprint density at radius 1 is 1.89 bits per heavy atom. The fourth-order valence-electron chi connectivity index (χ4n) is 0.519. The summed E-state index contributed by atoms with van der Waals surface area (Å²) in [5.41, 5.74) is 0.664. The van der Waals surface area contributed by atoms with Crippen molar-refractivity contribution in [1.29, 1.82) is 0 Å². The van der Waals surface area contributed by atoms with Crippen molar-refractivity contribution in [3.63, 3.8) is 0 Å². The topological polar surface area (TPSA) is 15.6 Å². The van der Waals surface area contributed by atoms with Gasteiger partial charge in [-0.1, -0.05) is 0 Å². The van der Waals surface area contributed by atoms with Gasteiger partial charge in [0.1, 0.15) is 0 Å². The highest BCUT2D eigenvalue weighted by molar-refractivity contribution is 5.65. The minimum atomic E-state index is 0.664. The number of rotatable bonds is 0. The van der Waals surface area contributed by atoms with Crippen molar-refractivity contribution in [2.45, 2.75) is 0 Å². The molecule has 0 radical (unpaired) electrons. The second kappa shape index (κ2) is 2.21. The van der Waals surface area contributed by atoms with Crippen LogP contribution in [0.2, 0.25) is 0 Å². The molecule has 0 aromatic carbocycles. The Bertz CT molecular complexity index is 236. The van der Waals surface area contributed by atoms with Gasteiger partial charge in [-0.2, -0.15) is 0 Å². The molecule has 44 valence electrons. The van der Waals surface area contributed by atoms with Gasteiger partial charge in [0.05, 0.1) is 6.20 Å². The summed E-state index contributed by atoms with van der Waals surface area (Å²) < 4.78 is 0. The van der Waals surface area contributed by atoms with E-state index in [1.54, 1.807) is 17.3 Å². The molecule has 0 unspecified atom stereocenters. The van der Waals surface area contributed by atoms with Gasteiger partial charge in [-0.15, -0.1) is 6.42 Å². The Morgan fingerprint density at radius 2 is 2.67 bits per heavy atom. The van der Waals surface area contributed by atoms with Crippen LogP contribution in [0.1, 0.15) is 0 Å². The van der Waals surface area contributed by atoms with Gasteiger partial charge >= 0.3 is 0 Å². The van der Waals surface area contributed by atoms with Crippen molar-refractivity contribution in [2.75, 3.05) is 7.05 Å². The molecule has 1 heterocycles. The summed E-state index contributed by atoms with van der Waals surface area (Å²) in [5.74, 6) is 5.10. The van der Waals surface area contributed by atoms with Gasteiger partial charge < -0.3 is 4.90 Å². The Morgan fingerprint density at radius 3 is 3.11 bits per heavy atom. The molecule has 0 aromatic heterocycles. The summed E-state index contributed by atoms with van der Waals surface area (Å²) in [4.78, 5) is 5.51. The molecule has 0 saturated heterocycles. The Labute approximate surface area is 54.2 Å². The second-order valence-corrected chi connectivity index (χ2v) is 1.64. The van der Waals surface area contributed by atoms with Crippen molar-refractivity contribution in [2.24, 2.45) is 4.99 Å². The molecule has 0 aromatic rings. The SMILES string of the molecule is C#CC1=C=NC=CN1C. The lowest BCUT2D eigenvalue weighted by Gasteiger charge is -2.10. The number of hydrogen-bond donors (Lipinski definition) is 0. The van der Waals surface area contributed by atoms with E-state index in [-0.39, 0.29) is 0 Å². The molecule has 0 bridgehead atoms.